The Morgan fingerprint density at radius 3 is 2.67 bits per heavy atom. The van der Waals surface area contributed by atoms with Crippen LogP contribution in [0.2, 0.25) is 0 Å². The average molecular weight is 339 g/mol. The number of nitrogens with one attached hydrogen (secondary N) is 2. The normalized spacial score (nSPS) is 11.4. The van der Waals surface area contributed by atoms with Gasteiger partial charge in [0, 0.05) is 19.5 Å². The van der Waals surface area contributed by atoms with Gasteiger partial charge in [0.2, 0.25) is 0 Å². The van der Waals surface area contributed by atoms with Gasteiger partial charge in [-0.3, -0.25) is 0 Å². The summed E-state index contributed by atoms with van der Waals surface area (Å²) in [7, 11) is 0. The highest BCUT2D eigenvalue weighted by molar-refractivity contribution is 7.07. The largest absolute Gasteiger partial charge is 0.469 e. The van der Waals surface area contributed by atoms with Gasteiger partial charge in [0.05, 0.1) is 12.8 Å². The molecule has 2 heterocycles. The van der Waals surface area contributed by atoms with Crippen LogP contribution in [-0.2, 0) is 19.5 Å². The van der Waals surface area contributed by atoms with Gasteiger partial charge in [0.15, 0.2) is 5.96 Å². The molecule has 0 radical (unpaired) electrons. The van der Waals surface area contributed by atoms with E-state index in [0.29, 0.717) is 6.54 Å². The lowest BCUT2D eigenvalue weighted by Crippen LogP contribution is -2.38. The molecule has 0 bridgehead atoms. The summed E-state index contributed by atoms with van der Waals surface area (Å²) in [6, 6.07) is 16.3. The summed E-state index contributed by atoms with van der Waals surface area (Å²) < 4.78 is 5.36. The van der Waals surface area contributed by atoms with E-state index in [1.54, 1.807) is 17.6 Å². The summed E-state index contributed by atoms with van der Waals surface area (Å²) in [4.78, 5) is 4.67. The van der Waals surface area contributed by atoms with Crippen molar-refractivity contribution in [3.05, 3.63) is 82.4 Å². The van der Waals surface area contributed by atoms with Crippen LogP contribution in [0, 0.1) is 0 Å². The number of guanidine groups is 1. The summed E-state index contributed by atoms with van der Waals surface area (Å²) in [5.74, 6) is 1.79. The van der Waals surface area contributed by atoms with Crippen LogP contribution >= 0.6 is 11.3 Å². The number of hydrogen-bond donors (Lipinski definition) is 2. The van der Waals surface area contributed by atoms with Gasteiger partial charge >= 0.3 is 0 Å². The predicted molar refractivity (Wildman–Crippen MR) is 99.2 cm³/mol. The van der Waals surface area contributed by atoms with E-state index in [2.05, 4.69) is 44.6 Å². The van der Waals surface area contributed by atoms with E-state index < -0.39 is 0 Å². The van der Waals surface area contributed by atoms with E-state index in [1.165, 1.54) is 11.1 Å². The highest BCUT2D eigenvalue weighted by Gasteiger charge is 2.01. The summed E-state index contributed by atoms with van der Waals surface area (Å²) in [6.07, 6.45) is 2.53. The standard InChI is InChI=1S/C19H21N3OS/c1-2-5-16(6-3-1)13-21-19(22-14-17-9-12-24-15-17)20-10-8-18-7-4-11-23-18/h1-7,9,11-12,15H,8,10,13-14H2,(H2,20,21,22). The summed E-state index contributed by atoms with van der Waals surface area (Å²) in [6.45, 7) is 2.20. The Balaban J connectivity index is 1.55. The Morgan fingerprint density at radius 1 is 1.00 bits per heavy atom. The molecular weight excluding hydrogens is 318 g/mol. The molecule has 4 nitrogen and oxygen atoms in total. The monoisotopic (exact) mass is 339 g/mol. The van der Waals surface area contributed by atoms with Gasteiger partial charge in [-0.15, -0.1) is 0 Å². The molecule has 0 saturated carbocycles. The van der Waals surface area contributed by atoms with Crippen molar-refractivity contribution in [1.29, 1.82) is 0 Å². The number of nitrogens with zero attached hydrogens (tertiary/aromatic N) is 1. The van der Waals surface area contributed by atoms with Crippen molar-refractivity contribution in [2.75, 3.05) is 6.54 Å². The Labute approximate surface area is 146 Å². The lowest BCUT2D eigenvalue weighted by Gasteiger charge is -2.12. The topological polar surface area (TPSA) is 49.6 Å². The average Bonchev–Trinajstić information content (AvgIpc) is 3.31. The minimum absolute atomic E-state index is 0.675. The second kappa shape index (κ2) is 8.93. The van der Waals surface area contributed by atoms with Crippen LogP contribution in [0.1, 0.15) is 16.9 Å². The molecule has 0 atom stereocenters. The van der Waals surface area contributed by atoms with Crippen LogP contribution in [-0.4, -0.2) is 12.5 Å². The fourth-order valence-corrected chi connectivity index (χ4v) is 2.93. The molecule has 5 heteroatoms. The number of thiophene rings is 1. The first-order chi connectivity index (χ1) is 11.9. The van der Waals surface area contributed by atoms with Gasteiger partial charge in [0.1, 0.15) is 5.76 Å². The van der Waals surface area contributed by atoms with Crippen molar-refractivity contribution in [2.24, 2.45) is 4.99 Å². The molecule has 0 fully saturated rings. The number of furan rings is 1. The molecule has 0 aliphatic carbocycles. The van der Waals surface area contributed by atoms with Gasteiger partial charge < -0.3 is 15.1 Å². The molecule has 2 aromatic heterocycles. The SMILES string of the molecule is c1ccc(CNC(=NCc2ccsc2)NCCc2ccco2)cc1. The van der Waals surface area contributed by atoms with E-state index in [1.807, 2.05) is 30.3 Å². The number of benzene rings is 1. The minimum atomic E-state index is 0.675. The maximum absolute atomic E-state index is 5.36. The summed E-state index contributed by atoms with van der Waals surface area (Å²) in [5, 5.41) is 11.0. The van der Waals surface area contributed by atoms with Crippen molar-refractivity contribution < 1.29 is 4.42 Å². The van der Waals surface area contributed by atoms with Crippen LogP contribution in [0.15, 0.2) is 75.0 Å². The molecule has 124 valence electrons. The van der Waals surface area contributed by atoms with E-state index in [-0.39, 0.29) is 0 Å². The van der Waals surface area contributed by atoms with Gasteiger partial charge in [-0.1, -0.05) is 30.3 Å². The molecule has 0 amide bonds. The van der Waals surface area contributed by atoms with E-state index >= 15 is 0 Å². The summed E-state index contributed by atoms with van der Waals surface area (Å²) >= 11 is 1.70. The third-order valence-corrected chi connectivity index (χ3v) is 4.28. The highest BCUT2D eigenvalue weighted by Crippen LogP contribution is 2.07. The van der Waals surface area contributed by atoms with Gasteiger partial charge in [0.25, 0.3) is 0 Å². The molecule has 0 aliphatic heterocycles. The fourth-order valence-electron chi connectivity index (χ4n) is 2.27. The molecular formula is C19H21N3OS. The quantitative estimate of drug-likeness (QED) is 0.508. The minimum Gasteiger partial charge on any atom is -0.469 e. The highest BCUT2D eigenvalue weighted by atomic mass is 32.1. The van der Waals surface area contributed by atoms with Crippen LogP contribution in [0.5, 0.6) is 0 Å². The van der Waals surface area contributed by atoms with Gasteiger partial charge in [-0.25, -0.2) is 4.99 Å². The van der Waals surface area contributed by atoms with Crippen molar-refractivity contribution in [2.45, 2.75) is 19.5 Å². The first-order valence-electron chi connectivity index (χ1n) is 8.00. The second-order valence-electron chi connectivity index (χ2n) is 5.39. The van der Waals surface area contributed by atoms with E-state index in [4.69, 9.17) is 4.42 Å². The van der Waals surface area contributed by atoms with Crippen LogP contribution in [0.4, 0.5) is 0 Å². The third kappa shape index (κ3) is 5.28. The Bertz CT molecular complexity index is 721. The fraction of sp³-hybridized carbons (Fsp3) is 0.211. The molecule has 2 N–H and O–H groups in total. The first kappa shape index (κ1) is 16.3. The number of aliphatic imine (C=N–C) groups is 1. The first-order valence-corrected chi connectivity index (χ1v) is 8.94. The molecule has 0 unspecified atom stereocenters. The Kier molecular flexibility index (Phi) is 6.08. The molecule has 0 aliphatic rings. The summed E-state index contributed by atoms with van der Waals surface area (Å²) in [5.41, 5.74) is 2.46. The zero-order valence-electron chi connectivity index (χ0n) is 13.4. The Morgan fingerprint density at radius 2 is 1.92 bits per heavy atom. The lowest BCUT2D eigenvalue weighted by molar-refractivity contribution is 0.506. The maximum Gasteiger partial charge on any atom is 0.191 e. The lowest BCUT2D eigenvalue weighted by atomic mass is 10.2. The zero-order valence-corrected chi connectivity index (χ0v) is 14.3. The van der Waals surface area contributed by atoms with E-state index in [0.717, 1.165) is 31.2 Å². The number of hydrogen-bond acceptors (Lipinski definition) is 3. The van der Waals surface area contributed by atoms with Crippen LogP contribution in [0.25, 0.3) is 0 Å². The predicted octanol–water partition coefficient (Wildman–Crippen LogP) is 3.82. The van der Waals surface area contributed by atoms with Gasteiger partial charge in [-0.2, -0.15) is 11.3 Å². The zero-order chi connectivity index (χ0) is 16.5. The van der Waals surface area contributed by atoms with E-state index in [9.17, 15) is 0 Å². The van der Waals surface area contributed by atoms with Crippen molar-refractivity contribution in [3.63, 3.8) is 0 Å². The van der Waals surface area contributed by atoms with Crippen LogP contribution in [0.3, 0.4) is 0 Å². The smallest absolute Gasteiger partial charge is 0.191 e. The van der Waals surface area contributed by atoms with Gasteiger partial charge in [-0.05, 0) is 40.1 Å². The van der Waals surface area contributed by atoms with Crippen molar-refractivity contribution in [3.8, 4) is 0 Å². The maximum atomic E-state index is 5.36. The molecule has 0 spiro atoms. The third-order valence-electron chi connectivity index (χ3n) is 3.55. The van der Waals surface area contributed by atoms with Crippen LogP contribution < -0.4 is 10.6 Å². The van der Waals surface area contributed by atoms with Crippen molar-refractivity contribution in [1.82, 2.24) is 10.6 Å². The van der Waals surface area contributed by atoms with Crippen molar-refractivity contribution >= 4 is 17.3 Å². The second-order valence-corrected chi connectivity index (χ2v) is 6.17. The molecule has 1 aromatic carbocycles. The number of rotatable bonds is 7. The molecule has 3 rings (SSSR count). The Hall–Kier alpha value is -2.53. The molecule has 24 heavy (non-hydrogen) atoms. The molecule has 0 saturated heterocycles. The molecule has 3 aromatic rings.